The fourth-order valence-corrected chi connectivity index (χ4v) is 2.49. The Hall–Kier alpha value is -2.38. The SMILES string of the molecule is CCCOc1ccc(C=NCc2ccc(S(N)(=O)=O)cc2)c(O)c1. The third-order valence-electron chi connectivity index (χ3n) is 3.23. The number of sulfonamides is 1. The van der Waals surface area contributed by atoms with E-state index in [2.05, 4.69) is 4.99 Å². The molecule has 0 fully saturated rings. The third kappa shape index (κ3) is 5.07. The van der Waals surface area contributed by atoms with Gasteiger partial charge in [-0.2, -0.15) is 0 Å². The van der Waals surface area contributed by atoms with Crippen LogP contribution in [0.25, 0.3) is 0 Å². The minimum Gasteiger partial charge on any atom is -0.507 e. The van der Waals surface area contributed by atoms with Crippen molar-refractivity contribution < 1.29 is 18.3 Å². The number of primary sulfonamides is 1. The van der Waals surface area contributed by atoms with E-state index in [1.165, 1.54) is 12.1 Å². The molecule has 6 nitrogen and oxygen atoms in total. The molecule has 0 saturated carbocycles. The number of aromatic hydroxyl groups is 1. The number of phenolic OH excluding ortho intramolecular Hbond substituents is 1. The van der Waals surface area contributed by atoms with Gasteiger partial charge in [0.2, 0.25) is 10.0 Å². The van der Waals surface area contributed by atoms with Gasteiger partial charge in [0.15, 0.2) is 0 Å². The predicted octanol–water partition coefficient (Wildman–Crippen LogP) is 2.45. The Kier molecular flexibility index (Phi) is 5.94. The Balaban J connectivity index is 2.01. The van der Waals surface area contributed by atoms with Crippen molar-refractivity contribution in [2.45, 2.75) is 24.8 Å². The molecule has 0 saturated heterocycles. The van der Waals surface area contributed by atoms with Gasteiger partial charge in [0.1, 0.15) is 11.5 Å². The molecule has 0 radical (unpaired) electrons. The fraction of sp³-hybridized carbons (Fsp3) is 0.235. The van der Waals surface area contributed by atoms with Crippen molar-refractivity contribution >= 4 is 16.2 Å². The summed E-state index contributed by atoms with van der Waals surface area (Å²) in [6.45, 7) is 2.97. The van der Waals surface area contributed by atoms with Crippen molar-refractivity contribution in [2.24, 2.45) is 10.1 Å². The normalized spacial score (nSPS) is 11.8. The fourth-order valence-electron chi connectivity index (χ4n) is 1.98. The van der Waals surface area contributed by atoms with E-state index < -0.39 is 10.0 Å². The van der Waals surface area contributed by atoms with Gasteiger partial charge in [0.25, 0.3) is 0 Å². The average Bonchev–Trinajstić information content (AvgIpc) is 2.54. The number of phenols is 1. The van der Waals surface area contributed by atoms with Gasteiger partial charge in [-0.1, -0.05) is 19.1 Å². The molecule has 0 heterocycles. The summed E-state index contributed by atoms with van der Waals surface area (Å²) in [7, 11) is -3.68. The number of hydrogen-bond acceptors (Lipinski definition) is 5. The summed E-state index contributed by atoms with van der Waals surface area (Å²) in [6.07, 6.45) is 2.46. The van der Waals surface area contributed by atoms with E-state index in [-0.39, 0.29) is 10.6 Å². The van der Waals surface area contributed by atoms with Crippen LogP contribution in [0.4, 0.5) is 0 Å². The molecule has 2 aromatic rings. The number of ether oxygens (including phenoxy) is 1. The highest BCUT2D eigenvalue weighted by Gasteiger charge is 2.06. The van der Waals surface area contributed by atoms with Crippen molar-refractivity contribution in [1.82, 2.24) is 0 Å². The molecular weight excluding hydrogens is 328 g/mol. The monoisotopic (exact) mass is 348 g/mol. The second kappa shape index (κ2) is 7.94. The first-order valence-electron chi connectivity index (χ1n) is 7.47. The maximum absolute atomic E-state index is 11.2. The summed E-state index contributed by atoms with van der Waals surface area (Å²) in [6, 6.07) is 11.2. The maximum Gasteiger partial charge on any atom is 0.238 e. The van der Waals surface area contributed by atoms with E-state index in [1.807, 2.05) is 6.92 Å². The minimum absolute atomic E-state index is 0.0653. The quantitative estimate of drug-likeness (QED) is 0.750. The van der Waals surface area contributed by atoms with E-state index in [4.69, 9.17) is 9.88 Å². The van der Waals surface area contributed by atoms with Crippen LogP contribution in [0.5, 0.6) is 11.5 Å². The first kappa shape index (κ1) is 18.0. The number of benzene rings is 2. The maximum atomic E-state index is 11.2. The zero-order valence-corrected chi connectivity index (χ0v) is 14.2. The van der Waals surface area contributed by atoms with Gasteiger partial charge in [-0.3, -0.25) is 4.99 Å². The van der Waals surface area contributed by atoms with Crippen LogP contribution in [-0.4, -0.2) is 26.3 Å². The molecule has 0 aliphatic carbocycles. The van der Waals surface area contributed by atoms with E-state index >= 15 is 0 Å². The number of nitrogens with two attached hydrogens (primary N) is 1. The molecule has 2 aromatic carbocycles. The lowest BCUT2D eigenvalue weighted by molar-refractivity contribution is 0.315. The van der Waals surface area contributed by atoms with E-state index in [0.29, 0.717) is 24.5 Å². The van der Waals surface area contributed by atoms with Crippen LogP contribution in [-0.2, 0) is 16.6 Å². The highest BCUT2D eigenvalue weighted by atomic mass is 32.2. The average molecular weight is 348 g/mol. The molecule has 0 atom stereocenters. The van der Waals surface area contributed by atoms with Crippen LogP contribution in [0.15, 0.2) is 52.4 Å². The Labute approximate surface area is 141 Å². The lowest BCUT2D eigenvalue weighted by Crippen LogP contribution is -2.11. The Morgan fingerprint density at radius 1 is 1.21 bits per heavy atom. The number of rotatable bonds is 7. The van der Waals surface area contributed by atoms with Crippen molar-refractivity contribution in [2.75, 3.05) is 6.61 Å². The van der Waals surface area contributed by atoms with Crippen LogP contribution in [0.2, 0.25) is 0 Å². The number of hydrogen-bond donors (Lipinski definition) is 2. The second-order valence-electron chi connectivity index (χ2n) is 5.23. The lowest BCUT2D eigenvalue weighted by Gasteiger charge is -2.06. The first-order chi connectivity index (χ1) is 11.4. The summed E-state index contributed by atoms with van der Waals surface area (Å²) < 4.78 is 27.8. The molecule has 0 aliphatic rings. The number of nitrogens with zero attached hydrogens (tertiary/aromatic N) is 1. The van der Waals surface area contributed by atoms with Crippen molar-refractivity contribution in [3.63, 3.8) is 0 Å². The predicted molar refractivity (Wildman–Crippen MR) is 93.0 cm³/mol. The van der Waals surface area contributed by atoms with Crippen LogP contribution in [0, 0.1) is 0 Å². The third-order valence-corrected chi connectivity index (χ3v) is 4.16. The Morgan fingerprint density at radius 2 is 1.92 bits per heavy atom. The summed E-state index contributed by atoms with van der Waals surface area (Å²) in [4.78, 5) is 4.32. The highest BCUT2D eigenvalue weighted by molar-refractivity contribution is 7.89. The topological polar surface area (TPSA) is 102 Å². The van der Waals surface area contributed by atoms with Crippen molar-refractivity contribution in [3.8, 4) is 11.5 Å². The summed E-state index contributed by atoms with van der Waals surface area (Å²) >= 11 is 0. The molecule has 0 aromatic heterocycles. The summed E-state index contributed by atoms with van der Waals surface area (Å²) in [5, 5.41) is 15.0. The van der Waals surface area contributed by atoms with Crippen LogP contribution in [0.3, 0.4) is 0 Å². The zero-order chi connectivity index (χ0) is 17.6. The molecular formula is C17H20N2O4S. The molecule has 2 rings (SSSR count). The summed E-state index contributed by atoms with van der Waals surface area (Å²) in [5.41, 5.74) is 1.42. The molecule has 24 heavy (non-hydrogen) atoms. The largest absolute Gasteiger partial charge is 0.507 e. The van der Waals surface area contributed by atoms with Gasteiger partial charge >= 0.3 is 0 Å². The smallest absolute Gasteiger partial charge is 0.238 e. The van der Waals surface area contributed by atoms with E-state index in [0.717, 1.165) is 12.0 Å². The highest BCUT2D eigenvalue weighted by Crippen LogP contribution is 2.22. The Bertz CT molecular complexity index is 815. The van der Waals surface area contributed by atoms with Gasteiger partial charge in [-0.25, -0.2) is 13.6 Å². The van der Waals surface area contributed by atoms with Gasteiger partial charge in [-0.05, 0) is 36.2 Å². The number of aliphatic imine (C=N–C) groups is 1. The summed E-state index contributed by atoms with van der Waals surface area (Å²) in [5.74, 6) is 0.710. The molecule has 0 bridgehead atoms. The minimum atomic E-state index is -3.68. The van der Waals surface area contributed by atoms with Crippen molar-refractivity contribution in [1.29, 1.82) is 0 Å². The van der Waals surface area contributed by atoms with Gasteiger partial charge < -0.3 is 9.84 Å². The van der Waals surface area contributed by atoms with E-state index in [1.54, 1.807) is 36.5 Å². The molecule has 0 spiro atoms. The van der Waals surface area contributed by atoms with Gasteiger partial charge in [-0.15, -0.1) is 0 Å². The van der Waals surface area contributed by atoms with Gasteiger partial charge in [0, 0.05) is 17.8 Å². The van der Waals surface area contributed by atoms with Crippen LogP contribution >= 0.6 is 0 Å². The molecule has 128 valence electrons. The standard InChI is InChI=1S/C17H20N2O4S/c1-2-9-23-15-6-5-14(17(20)10-15)12-19-11-13-3-7-16(8-4-13)24(18,21)22/h3-8,10,12,20H,2,9,11H2,1H3,(H2,18,21,22). The molecule has 0 amide bonds. The molecule has 3 N–H and O–H groups in total. The van der Waals surface area contributed by atoms with Gasteiger partial charge in [0.05, 0.1) is 18.0 Å². The molecule has 0 aliphatic heterocycles. The van der Waals surface area contributed by atoms with E-state index in [9.17, 15) is 13.5 Å². The second-order valence-corrected chi connectivity index (χ2v) is 6.79. The lowest BCUT2D eigenvalue weighted by atomic mass is 10.2. The van der Waals surface area contributed by atoms with Crippen LogP contribution < -0.4 is 9.88 Å². The Morgan fingerprint density at radius 3 is 2.50 bits per heavy atom. The zero-order valence-electron chi connectivity index (χ0n) is 13.3. The first-order valence-corrected chi connectivity index (χ1v) is 9.02. The van der Waals surface area contributed by atoms with Crippen molar-refractivity contribution in [3.05, 3.63) is 53.6 Å². The molecule has 0 unspecified atom stereocenters. The van der Waals surface area contributed by atoms with Crippen LogP contribution in [0.1, 0.15) is 24.5 Å². The molecule has 7 heteroatoms.